The zero-order chi connectivity index (χ0) is 13.5. The minimum absolute atomic E-state index is 0.150. The van der Waals surface area contributed by atoms with E-state index in [1.807, 2.05) is 0 Å². The van der Waals surface area contributed by atoms with Crippen LogP contribution in [0.25, 0.3) is 0 Å². The van der Waals surface area contributed by atoms with E-state index in [1.165, 1.54) is 17.7 Å². The molecule has 1 rings (SSSR count). The van der Waals surface area contributed by atoms with Crippen molar-refractivity contribution in [2.45, 2.75) is 26.2 Å². The molecule has 18 heavy (non-hydrogen) atoms. The number of carbonyl (C=O) groups excluding carboxylic acids is 2. The third-order valence-corrected chi connectivity index (χ3v) is 3.36. The number of amides is 1. The van der Waals surface area contributed by atoms with Crippen LogP contribution in [0.15, 0.2) is 0 Å². The topological polar surface area (TPSA) is 49.9 Å². The summed E-state index contributed by atoms with van der Waals surface area (Å²) in [6.45, 7) is 4.97. The zero-order valence-electron chi connectivity index (χ0n) is 11.6. The molecule has 0 spiro atoms. The van der Waals surface area contributed by atoms with Crippen LogP contribution in [0.3, 0.4) is 0 Å². The molecule has 0 aromatic carbocycles. The van der Waals surface area contributed by atoms with E-state index >= 15 is 0 Å². The summed E-state index contributed by atoms with van der Waals surface area (Å²) in [6.07, 6.45) is 2.78. The number of hydrogen-bond donors (Lipinski definition) is 0. The first-order valence-electron chi connectivity index (χ1n) is 6.57. The van der Waals surface area contributed by atoms with Crippen molar-refractivity contribution in [3.8, 4) is 0 Å². The molecule has 1 aliphatic heterocycles. The second-order valence-electron chi connectivity index (χ2n) is 5.22. The number of ether oxygens (including phenoxy) is 1. The van der Waals surface area contributed by atoms with Crippen LogP contribution in [0.4, 0.5) is 0 Å². The van der Waals surface area contributed by atoms with Gasteiger partial charge in [-0.25, -0.2) is 0 Å². The van der Waals surface area contributed by atoms with E-state index in [1.54, 1.807) is 14.1 Å². The van der Waals surface area contributed by atoms with Gasteiger partial charge in [0, 0.05) is 20.6 Å². The summed E-state index contributed by atoms with van der Waals surface area (Å²) >= 11 is 0. The fourth-order valence-electron chi connectivity index (χ4n) is 1.88. The average Bonchev–Trinajstić information content (AvgIpc) is 2.35. The molecular formula is C13H24N2O3. The fraction of sp³-hybridized carbons (Fsp3) is 0.846. The summed E-state index contributed by atoms with van der Waals surface area (Å²) in [7, 11) is 3.29. The van der Waals surface area contributed by atoms with Crippen LogP contribution in [-0.2, 0) is 14.3 Å². The maximum Gasteiger partial charge on any atom is 0.307 e. The number of likely N-dealkylation sites (tertiary alicyclic amines) is 1. The van der Waals surface area contributed by atoms with Crippen LogP contribution in [0, 0.1) is 5.92 Å². The fourth-order valence-corrected chi connectivity index (χ4v) is 1.88. The number of nitrogens with zero attached hydrogens (tertiary/aromatic N) is 2. The molecule has 0 aromatic rings. The molecule has 1 saturated heterocycles. The van der Waals surface area contributed by atoms with Crippen LogP contribution in [0.5, 0.6) is 0 Å². The molecule has 5 nitrogen and oxygen atoms in total. The standard InChI is InChI=1S/C13H24N2O3/c1-11-4-7-15(8-5-11)9-6-13(17)18-10-12(16)14(2)3/h11H,4-10H2,1-3H3. The predicted octanol–water partition coefficient (Wildman–Crippen LogP) is 0.740. The molecule has 0 unspecified atom stereocenters. The molecule has 0 bridgehead atoms. The van der Waals surface area contributed by atoms with E-state index < -0.39 is 0 Å². The van der Waals surface area contributed by atoms with Gasteiger partial charge in [0.2, 0.25) is 0 Å². The first-order chi connectivity index (χ1) is 8.49. The summed E-state index contributed by atoms with van der Waals surface area (Å²) in [5, 5.41) is 0. The minimum atomic E-state index is -0.288. The predicted molar refractivity (Wildman–Crippen MR) is 69.1 cm³/mol. The van der Waals surface area contributed by atoms with Gasteiger partial charge < -0.3 is 14.5 Å². The maximum atomic E-state index is 11.5. The molecule has 0 radical (unpaired) electrons. The van der Waals surface area contributed by atoms with Crippen molar-refractivity contribution < 1.29 is 14.3 Å². The Bertz CT molecular complexity index is 284. The van der Waals surface area contributed by atoms with Crippen molar-refractivity contribution in [1.82, 2.24) is 9.80 Å². The van der Waals surface area contributed by atoms with Gasteiger partial charge >= 0.3 is 5.97 Å². The van der Waals surface area contributed by atoms with Crippen molar-refractivity contribution in [2.75, 3.05) is 40.3 Å². The van der Waals surface area contributed by atoms with Crippen LogP contribution in [0.1, 0.15) is 26.2 Å². The molecule has 0 aromatic heterocycles. The van der Waals surface area contributed by atoms with Crippen molar-refractivity contribution in [2.24, 2.45) is 5.92 Å². The molecule has 1 fully saturated rings. The molecule has 1 aliphatic rings. The lowest BCUT2D eigenvalue weighted by atomic mass is 9.99. The van der Waals surface area contributed by atoms with Crippen LogP contribution in [-0.4, -0.2) is 62.0 Å². The largest absolute Gasteiger partial charge is 0.456 e. The lowest BCUT2D eigenvalue weighted by molar-refractivity contribution is -0.151. The monoisotopic (exact) mass is 256 g/mol. The van der Waals surface area contributed by atoms with Crippen molar-refractivity contribution in [3.05, 3.63) is 0 Å². The highest BCUT2D eigenvalue weighted by Crippen LogP contribution is 2.15. The number of rotatable bonds is 5. The molecule has 0 saturated carbocycles. The van der Waals surface area contributed by atoms with Gasteiger partial charge in [-0.05, 0) is 31.8 Å². The molecule has 1 amide bonds. The summed E-state index contributed by atoms with van der Waals surface area (Å²) in [6, 6.07) is 0. The Labute approximate surface area is 109 Å². The Balaban J connectivity index is 2.12. The van der Waals surface area contributed by atoms with E-state index in [0.717, 1.165) is 25.6 Å². The van der Waals surface area contributed by atoms with Gasteiger partial charge in [-0.2, -0.15) is 0 Å². The molecule has 104 valence electrons. The second kappa shape index (κ2) is 7.36. The zero-order valence-corrected chi connectivity index (χ0v) is 11.6. The van der Waals surface area contributed by atoms with E-state index in [9.17, 15) is 9.59 Å². The number of piperidine rings is 1. The van der Waals surface area contributed by atoms with Crippen LogP contribution in [0.2, 0.25) is 0 Å². The first-order valence-corrected chi connectivity index (χ1v) is 6.57. The number of hydrogen-bond acceptors (Lipinski definition) is 4. The van der Waals surface area contributed by atoms with Gasteiger partial charge in [0.05, 0.1) is 6.42 Å². The van der Waals surface area contributed by atoms with Gasteiger partial charge in [-0.1, -0.05) is 6.92 Å². The Morgan fingerprint density at radius 3 is 2.44 bits per heavy atom. The van der Waals surface area contributed by atoms with Crippen LogP contribution >= 0.6 is 0 Å². The minimum Gasteiger partial charge on any atom is -0.456 e. The van der Waals surface area contributed by atoms with Gasteiger partial charge in [-0.3, -0.25) is 9.59 Å². The van der Waals surface area contributed by atoms with Gasteiger partial charge in [-0.15, -0.1) is 0 Å². The molecular weight excluding hydrogens is 232 g/mol. The summed E-state index contributed by atoms with van der Waals surface area (Å²) in [5.41, 5.74) is 0. The highest BCUT2D eigenvalue weighted by molar-refractivity contribution is 5.80. The summed E-state index contributed by atoms with van der Waals surface area (Å²) in [5.74, 6) is 0.324. The van der Waals surface area contributed by atoms with E-state index in [-0.39, 0.29) is 18.5 Å². The maximum absolute atomic E-state index is 11.5. The average molecular weight is 256 g/mol. The molecule has 0 aliphatic carbocycles. The first kappa shape index (κ1) is 15.0. The number of likely N-dealkylation sites (N-methyl/N-ethyl adjacent to an activating group) is 1. The van der Waals surface area contributed by atoms with Crippen molar-refractivity contribution in [1.29, 1.82) is 0 Å². The Kier molecular flexibility index (Phi) is 6.12. The van der Waals surface area contributed by atoms with E-state index in [2.05, 4.69) is 11.8 Å². The van der Waals surface area contributed by atoms with Gasteiger partial charge in [0.15, 0.2) is 6.61 Å². The second-order valence-corrected chi connectivity index (χ2v) is 5.22. The summed E-state index contributed by atoms with van der Waals surface area (Å²) < 4.78 is 4.92. The molecule has 0 N–H and O–H groups in total. The van der Waals surface area contributed by atoms with Crippen LogP contribution < -0.4 is 0 Å². The normalized spacial score (nSPS) is 17.5. The third-order valence-electron chi connectivity index (χ3n) is 3.36. The highest BCUT2D eigenvalue weighted by atomic mass is 16.5. The van der Waals surface area contributed by atoms with Crippen molar-refractivity contribution in [3.63, 3.8) is 0 Å². The van der Waals surface area contributed by atoms with Crippen molar-refractivity contribution >= 4 is 11.9 Å². The number of carbonyl (C=O) groups is 2. The molecule has 1 heterocycles. The van der Waals surface area contributed by atoms with Gasteiger partial charge in [0.25, 0.3) is 5.91 Å². The Morgan fingerprint density at radius 2 is 1.89 bits per heavy atom. The third kappa shape index (κ3) is 5.49. The lowest BCUT2D eigenvalue weighted by Gasteiger charge is -2.29. The van der Waals surface area contributed by atoms with E-state index in [0.29, 0.717) is 6.42 Å². The smallest absolute Gasteiger partial charge is 0.307 e. The SMILES string of the molecule is CC1CCN(CCC(=O)OCC(=O)N(C)C)CC1. The lowest BCUT2D eigenvalue weighted by Crippen LogP contribution is -2.35. The quantitative estimate of drug-likeness (QED) is 0.681. The van der Waals surface area contributed by atoms with E-state index in [4.69, 9.17) is 4.74 Å². The molecule has 5 heteroatoms. The number of esters is 1. The highest BCUT2D eigenvalue weighted by Gasteiger charge is 2.17. The van der Waals surface area contributed by atoms with Gasteiger partial charge in [0.1, 0.15) is 0 Å². The summed E-state index contributed by atoms with van der Waals surface area (Å²) in [4.78, 5) is 26.4. The Hall–Kier alpha value is -1.10. The molecule has 0 atom stereocenters. The Morgan fingerprint density at radius 1 is 1.28 bits per heavy atom.